The summed E-state index contributed by atoms with van der Waals surface area (Å²) in [6.07, 6.45) is 4.65. The first kappa shape index (κ1) is 20.9. The third-order valence-electron chi connectivity index (χ3n) is 5.59. The number of anilines is 2. The summed E-state index contributed by atoms with van der Waals surface area (Å²) < 4.78 is 9.44. The van der Waals surface area contributed by atoms with Crippen molar-refractivity contribution in [3.05, 3.63) is 48.0 Å². The molecule has 1 fully saturated rings. The van der Waals surface area contributed by atoms with Crippen molar-refractivity contribution in [1.82, 2.24) is 40.2 Å². The van der Waals surface area contributed by atoms with Crippen molar-refractivity contribution < 1.29 is 9.53 Å². The third kappa shape index (κ3) is 4.10. The fourth-order valence-corrected chi connectivity index (χ4v) is 3.88. The van der Waals surface area contributed by atoms with Crippen LogP contribution in [0.1, 0.15) is 22.6 Å². The van der Waals surface area contributed by atoms with E-state index in [9.17, 15) is 4.79 Å². The van der Waals surface area contributed by atoms with Crippen LogP contribution in [-0.2, 0) is 7.05 Å². The predicted octanol–water partition coefficient (Wildman–Crippen LogP) is 1.70. The average Bonchev–Trinajstić information content (AvgIpc) is 3.54. The van der Waals surface area contributed by atoms with Crippen LogP contribution in [-0.4, -0.2) is 61.7 Å². The lowest BCUT2D eigenvalue weighted by Gasteiger charge is -2.10. The zero-order chi connectivity index (χ0) is 22.9. The van der Waals surface area contributed by atoms with Gasteiger partial charge in [-0.1, -0.05) is 0 Å². The van der Waals surface area contributed by atoms with Gasteiger partial charge in [-0.25, -0.2) is 9.67 Å². The summed E-state index contributed by atoms with van der Waals surface area (Å²) in [6.45, 7) is 3.73. The van der Waals surface area contributed by atoms with Gasteiger partial charge in [0.2, 0.25) is 5.95 Å². The molecule has 0 unspecified atom stereocenters. The van der Waals surface area contributed by atoms with Crippen LogP contribution >= 0.6 is 0 Å². The molecule has 11 heteroatoms. The van der Waals surface area contributed by atoms with E-state index in [1.165, 1.54) is 0 Å². The zero-order valence-corrected chi connectivity index (χ0v) is 18.7. The van der Waals surface area contributed by atoms with Crippen LogP contribution < -0.4 is 20.7 Å². The topological polar surface area (TPSA) is 124 Å². The van der Waals surface area contributed by atoms with Gasteiger partial charge in [-0.15, -0.1) is 0 Å². The van der Waals surface area contributed by atoms with Gasteiger partial charge >= 0.3 is 0 Å². The van der Waals surface area contributed by atoms with Crippen LogP contribution in [0.3, 0.4) is 0 Å². The largest absolute Gasteiger partial charge is 0.485 e. The standard InChI is InChI=1S/C22H25N9O2/c1-13-18(33-15-6-8-24-11-15)12-31(28-13)19-7-9-25-22(27-19)26-14-4-5-17-16(10-14)20(21(32)23-2)29-30(17)3/h4-5,7,9-10,12,15,24H,6,8,11H2,1-3H3,(H,23,32)(H,25,26,27)/t15-/m0/s1. The molecule has 3 N–H and O–H groups in total. The van der Waals surface area contributed by atoms with Crippen LogP contribution in [0.4, 0.5) is 11.6 Å². The number of aromatic nitrogens is 6. The van der Waals surface area contributed by atoms with Gasteiger partial charge in [0.05, 0.1) is 11.7 Å². The monoisotopic (exact) mass is 447 g/mol. The molecule has 33 heavy (non-hydrogen) atoms. The number of aryl methyl sites for hydroxylation is 2. The number of benzene rings is 1. The van der Waals surface area contributed by atoms with Gasteiger partial charge in [0, 0.05) is 44.0 Å². The minimum absolute atomic E-state index is 0.158. The molecule has 0 saturated carbocycles. The molecule has 11 nitrogen and oxygen atoms in total. The lowest BCUT2D eigenvalue weighted by Crippen LogP contribution is -2.19. The van der Waals surface area contributed by atoms with E-state index < -0.39 is 0 Å². The molecule has 170 valence electrons. The third-order valence-corrected chi connectivity index (χ3v) is 5.59. The quantitative estimate of drug-likeness (QED) is 0.408. The first-order chi connectivity index (χ1) is 16.0. The predicted molar refractivity (Wildman–Crippen MR) is 123 cm³/mol. The van der Waals surface area contributed by atoms with Crippen LogP contribution in [0, 0.1) is 6.92 Å². The number of amides is 1. The van der Waals surface area contributed by atoms with Crippen molar-refractivity contribution in [2.24, 2.45) is 7.05 Å². The molecule has 0 aliphatic carbocycles. The van der Waals surface area contributed by atoms with Crippen LogP contribution in [0.2, 0.25) is 0 Å². The highest BCUT2D eigenvalue weighted by Crippen LogP contribution is 2.25. The van der Waals surface area contributed by atoms with E-state index in [0.29, 0.717) is 17.5 Å². The number of hydrogen-bond donors (Lipinski definition) is 3. The molecular weight excluding hydrogens is 422 g/mol. The number of fused-ring (bicyclic) bond motifs is 1. The maximum atomic E-state index is 12.2. The van der Waals surface area contributed by atoms with Crippen LogP contribution in [0.5, 0.6) is 5.75 Å². The summed E-state index contributed by atoms with van der Waals surface area (Å²) in [5, 5.41) is 18.8. The normalized spacial score (nSPS) is 15.7. The molecule has 0 bridgehead atoms. The Kier molecular flexibility index (Phi) is 5.38. The minimum atomic E-state index is -0.239. The molecule has 1 amide bonds. The minimum Gasteiger partial charge on any atom is -0.485 e. The summed E-state index contributed by atoms with van der Waals surface area (Å²) >= 11 is 0. The lowest BCUT2D eigenvalue weighted by atomic mass is 10.2. The number of ether oxygens (including phenoxy) is 1. The van der Waals surface area contributed by atoms with E-state index in [-0.39, 0.29) is 12.0 Å². The van der Waals surface area contributed by atoms with Gasteiger partial charge in [0.15, 0.2) is 17.3 Å². The highest BCUT2D eigenvalue weighted by molar-refractivity contribution is 6.05. The maximum Gasteiger partial charge on any atom is 0.272 e. The van der Waals surface area contributed by atoms with Gasteiger partial charge in [0.1, 0.15) is 11.8 Å². The van der Waals surface area contributed by atoms with Gasteiger partial charge in [-0.3, -0.25) is 9.48 Å². The van der Waals surface area contributed by atoms with E-state index >= 15 is 0 Å². The molecule has 3 aromatic heterocycles. The van der Waals surface area contributed by atoms with E-state index in [1.807, 2.05) is 38.4 Å². The highest BCUT2D eigenvalue weighted by Gasteiger charge is 2.19. The van der Waals surface area contributed by atoms with Crippen molar-refractivity contribution in [1.29, 1.82) is 0 Å². The zero-order valence-electron chi connectivity index (χ0n) is 18.7. The summed E-state index contributed by atoms with van der Waals surface area (Å²) in [7, 11) is 3.39. The lowest BCUT2D eigenvalue weighted by molar-refractivity contribution is 0.0959. The number of rotatable bonds is 6. The number of nitrogens with zero attached hydrogens (tertiary/aromatic N) is 6. The van der Waals surface area contributed by atoms with E-state index in [0.717, 1.165) is 47.5 Å². The SMILES string of the molecule is CNC(=O)c1nn(C)c2ccc(Nc3nccc(-n4cc(O[C@H]5CCNC5)c(C)n4)n3)cc12. The van der Waals surface area contributed by atoms with Crippen molar-refractivity contribution in [3.63, 3.8) is 0 Å². The van der Waals surface area contributed by atoms with E-state index in [4.69, 9.17) is 4.74 Å². The smallest absolute Gasteiger partial charge is 0.272 e. The second-order valence-electron chi connectivity index (χ2n) is 7.90. The van der Waals surface area contributed by atoms with E-state index in [2.05, 4.69) is 36.1 Å². The van der Waals surface area contributed by atoms with Crippen molar-refractivity contribution in [2.75, 3.05) is 25.5 Å². The molecule has 4 heterocycles. The Morgan fingerprint density at radius 2 is 2.15 bits per heavy atom. The Morgan fingerprint density at radius 3 is 2.94 bits per heavy atom. The highest BCUT2D eigenvalue weighted by atomic mass is 16.5. The van der Waals surface area contributed by atoms with E-state index in [1.54, 1.807) is 28.7 Å². The molecule has 4 aromatic rings. The second kappa shape index (κ2) is 8.51. The summed E-state index contributed by atoms with van der Waals surface area (Å²) in [6, 6.07) is 7.45. The Hall–Kier alpha value is -3.99. The maximum absolute atomic E-state index is 12.2. The van der Waals surface area contributed by atoms with Gasteiger partial charge in [0.25, 0.3) is 5.91 Å². The molecule has 1 saturated heterocycles. The first-order valence-corrected chi connectivity index (χ1v) is 10.7. The average molecular weight is 448 g/mol. The molecule has 1 aromatic carbocycles. The van der Waals surface area contributed by atoms with Crippen molar-refractivity contribution in [3.8, 4) is 11.6 Å². The molecular formula is C22H25N9O2. The Labute approximate surface area is 190 Å². The number of carbonyl (C=O) groups is 1. The molecule has 1 aliphatic heterocycles. The van der Waals surface area contributed by atoms with Gasteiger partial charge < -0.3 is 20.7 Å². The molecule has 0 spiro atoms. The fraction of sp³-hybridized carbons (Fsp3) is 0.318. The van der Waals surface area contributed by atoms with Crippen molar-refractivity contribution in [2.45, 2.75) is 19.4 Å². The number of hydrogen-bond acceptors (Lipinski definition) is 8. The fourth-order valence-electron chi connectivity index (χ4n) is 3.88. The van der Waals surface area contributed by atoms with Gasteiger partial charge in [-0.05, 0) is 38.1 Å². The molecule has 1 aliphatic rings. The van der Waals surface area contributed by atoms with Gasteiger partial charge in [-0.2, -0.15) is 15.2 Å². The Bertz CT molecular complexity index is 1320. The summed E-state index contributed by atoms with van der Waals surface area (Å²) in [5.41, 5.74) is 2.77. The van der Waals surface area contributed by atoms with Crippen molar-refractivity contribution >= 4 is 28.4 Å². The molecule has 0 radical (unpaired) electrons. The molecule has 1 atom stereocenters. The summed E-state index contributed by atoms with van der Waals surface area (Å²) in [5.74, 6) is 1.54. The van der Waals surface area contributed by atoms with Crippen LogP contribution in [0.15, 0.2) is 36.7 Å². The molecule has 5 rings (SSSR count). The summed E-state index contributed by atoms with van der Waals surface area (Å²) in [4.78, 5) is 21.1. The second-order valence-corrected chi connectivity index (χ2v) is 7.90. The number of carbonyl (C=O) groups excluding carboxylic acids is 1. The number of nitrogens with one attached hydrogen (secondary N) is 3. The Balaban J connectivity index is 1.40. The van der Waals surface area contributed by atoms with Crippen LogP contribution in [0.25, 0.3) is 16.7 Å². The first-order valence-electron chi connectivity index (χ1n) is 10.7. The Morgan fingerprint density at radius 1 is 1.27 bits per heavy atom.